The molecule has 0 N–H and O–H groups in total. The average Bonchev–Trinajstić information content (AvgIpc) is 2.93. The van der Waals surface area contributed by atoms with Crippen molar-refractivity contribution in [2.45, 2.75) is 13.0 Å². The van der Waals surface area contributed by atoms with Crippen molar-refractivity contribution in [1.82, 2.24) is 14.8 Å². The highest BCUT2D eigenvalue weighted by Gasteiger charge is 2.19. The number of hydrogen-bond acceptors (Lipinski definition) is 7. The first-order chi connectivity index (χ1) is 11.4. The monoisotopic (exact) mass is 353 g/mol. The van der Waals surface area contributed by atoms with Gasteiger partial charge in [-0.05, 0) is 19.1 Å². The van der Waals surface area contributed by atoms with Gasteiger partial charge in [0.15, 0.2) is 12.7 Å². The van der Waals surface area contributed by atoms with Crippen molar-refractivity contribution in [3.63, 3.8) is 0 Å². The van der Waals surface area contributed by atoms with Crippen LogP contribution in [0.25, 0.3) is 11.4 Å². The maximum Gasteiger partial charge on any atom is 0.346 e. The number of nitrogens with zero attached hydrogens (tertiary/aromatic N) is 3. The molecule has 8 nitrogen and oxygen atoms in total. The molecule has 0 fully saturated rings. The minimum absolute atomic E-state index is 0.229. The Kier molecular flexibility index (Phi) is 5.75. The average molecular weight is 354 g/mol. The summed E-state index contributed by atoms with van der Waals surface area (Å²) < 4.78 is 16.2. The molecular weight excluding hydrogens is 338 g/mol. The van der Waals surface area contributed by atoms with Gasteiger partial charge in [-0.25, -0.2) is 9.59 Å². The first-order valence-electron chi connectivity index (χ1n) is 6.96. The fraction of sp³-hybridized carbons (Fsp3) is 0.333. The van der Waals surface area contributed by atoms with E-state index in [2.05, 4.69) is 14.8 Å². The van der Waals surface area contributed by atoms with Gasteiger partial charge in [0, 0.05) is 19.3 Å². The third kappa shape index (κ3) is 4.45. The number of ether oxygens (including phenoxy) is 3. The Morgan fingerprint density at radius 2 is 2.12 bits per heavy atom. The van der Waals surface area contributed by atoms with Crippen LogP contribution in [0.1, 0.15) is 6.92 Å². The molecule has 2 aromatic rings. The van der Waals surface area contributed by atoms with E-state index in [1.807, 2.05) is 0 Å². The molecule has 128 valence electrons. The minimum atomic E-state index is -0.997. The van der Waals surface area contributed by atoms with Crippen LogP contribution in [0.4, 0.5) is 0 Å². The lowest BCUT2D eigenvalue weighted by atomic mass is 10.3. The summed E-state index contributed by atoms with van der Waals surface area (Å²) in [4.78, 5) is 27.0. The Morgan fingerprint density at radius 1 is 1.38 bits per heavy atom. The number of rotatable bonds is 6. The molecule has 0 aromatic carbocycles. The first kappa shape index (κ1) is 17.7. The van der Waals surface area contributed by atoms with Crippen LogP contribution in [-0.4, -0.2) is 46.5 Å². The number of hydrogen-bond donors (Lipinski definition) is 0. The molecule has 2 aromatic heterocycles. The van der Waals surface area contributed by atoms with Crippen LogP contribution in [0.3, 0.4) is 0 Å². The van der Waals surface area contributed by atoms with Gasteiger partial charge in [-0.2, -0.15) is 0 Å². The molecule has 0 aliphatic rings. The van der Waals surface area contributed by atoms with E-state index in [-0.39, 0.29) is 12.5 Å². The molecule has 2 heterocycles. The van der Waals surface area contributed by atoms with Gasteiger partial charge in [0.1, 0.15) is 0 Å². The number of halogens is 1. The molecule has 1 atom stereocenters. The van der Waals surface area contributed by atoms with Crippen molar-refractivity contribution in [2.24, 2.45) is 7.05 Å². The van der Waals surface area contributed by atoms with Gasteiger partial charge >= 0.3 is 11.9 Å². The second kappa shape index (κ2) is 7.78. The van der Waals surface area contributed by atoms with Crippen molar-refractivity contribution >= 4 is 23.5 Å². The number of esters is 2. The molecule has 0 amide bonds. The topological polar surface area (TPSA) is 92.5 Å². The summed E-state index contributed by atoms with van der Waals surface area (Å²) in [6.07, 6.45) is 0.527. The molecule has 0 saturated heterocycles. The summed E-state index contributed by atoms with van der Waals surface area (Å²) in [6.45, 7) is 1.03. The zero-order valence-electron chi connectivity index (χ0n) is 13.4. The summed E-state index contributed by atoms with van der Waals surface area (Å²) in [5.74, 6) is -1.12. The lowest BCUT2D eigenvalue weighted by molar-refractivity contribution is -0.165. The van der Waals surface area contributed by atoms with Crippen LogP contribution >= 0.6 is 11.6 Å². The van der Waals surface area contributed by atoms with Crippen molar-refractivity contribution in [3.8, 4) is 17.3 Å². The Balaban J connectivity index is 1.97. The number of carbonyl (C=O) groups excluding carboxylic acids is 2. The van der Waals surface area contributed by atoms with Gasteiger partial charge in [-0.3, -0.25) is 9.67 Å². The highest BCUT2D eigenvalue weighted by atomic mass is 35.5. The van der Waals surface area contributed by atoms with E-state index in [9.17, 15) is 9.59 Å². The Labute approximate surface area is 143 Å². The van der Waals surface area contributed by atoms with Gasteiger partial charge in [-0.1, -0.05) is 11.6 Å². The van der Waals surface area contributed by atoms with E-state index in [4.69, 9.17) is 21.1 Å². The third-order valence-corrected chi connectivity index (χ3v) is 3.25. The molecule has 1 unspecified atom stereocenters. The lowest BCUT2D eigenvalue weighted by Crippen LogP contribution is -2.28. The smallest absolute Gasteiger partial charge is 0.346 e. The van der Waals surface area contributed by atoms with E-state index >= 15 is 0 Å². The predicted molar refractivity (Wildman–Crippen MR) is 84.5 cm³/mol. The van der Waals surface area contributed by atoms with Crippen molar-refractivity contribution < 1.29 is 23.8 Å². The molecular formula is C15H16ClN3O5. The number of methoxy groups -OCH3 is 1. The number of aromatic nitrogens is 3. The van der Waals surface area contributed by atoms with Crippen LogP contribution < -0.4 is 4.74 Å². The molecule has 24 heavy (non-hydrogen) atoms. The van der Waals surface area contributed by atoms with E-state index in [1.165, 1.54) is 20.2 Å². The molecule has 0 aliphatic heterocycles. The molecule has 2 rings (SSSR count). The minimum Gasteiger partial charge on any atom is -0.466 e. The molecule has 0 radical (unpaired) electrons. The maximum absolute atomic E-state index is 11.6. The van der Waals surface area contributed by atoms with Gasteiger partial charge < -0.3 is 14.2 Å². The van der Waals surface area contributed by atoms with Gasteiger partial charge in [0.25, 0.3) is 0 Å². The standard InChI is InChI=1S/C15H16ClN3O5/c1-9(15(21)22-3)24-14(20)8-23-13-6-12(19(2)18-13)11-5-4-10(16)7-17-11/h4-7,9H,8H2,1-3H3. The van der Waals surface area contributed by atoms with E-state index in [1.54, 1.807) is 29.9 Å². The molecule has 0 aliphatic carbocycles. The second-order valence-corrected chi connectivity index (χ2v) is 5.23. The largest absolute Gasteiger partial charge is 0.466 e. The maximum atomic E-state index is 11.6. The number of carbonyl (C=O) groups is 2. The Morgan fingerprint density at radius 3 is 2.75 bits per heavy atom. The first-order valence-corrected chi connectivity index (χ1v) is 7.34. The van der Waals surface area contributed by atoms with Crippen molar-refractivity contribution in [3.05, 3.63) is 29.4 Å². The van der Waals surface area contributed by atoms with Crippen LogP contribution in [0, 0.1) is 0 Å². The van der Waals surface area contributed by atoms with E-state index in [0.29, 0.717) is 16.4 Å². The highest BCUT2D eigenvalue weighted by molar-refractivity contribution is 6.30. The van der Waals surface area contributed by atoms with Crippen molar-refractivity contribution in [2.75, 3.05) is 13.7 Å². The van der Waals surface area contributed by atoms with Gasteiger partial charge in [-0.15, -0.1) is 5.10 Å². The van der Waals surface area contributed by atoms with Gasteiger partial charge in [0.2, 0.25) is 5.88 Å². The Hall–Kier alpha value is -2.61. The zero-order valence-corrected chi connectivity index (χ0v) is 14.1. The quantitative estimate of drug-likeness (QED) is 0.728. The summed E-state index contributed by atoms with van der Waals surface area (Å²) in [5, 5.41) is 4.66. The van der Waals surface area contributed by atoms with Crippen LogP contribution in [-0.2, 0) is 26.1 Å². The van der Waals surface area contributed by atoms with Crippen LogP contribution in [0.2, 0.25) is 5.02 Å². The summed E-state index contributed by atoms with van der Waals surface area (Å²) in [7, 11) is 2.93. The third-order valence-electron chi connectivity index (χ3n) is 3.03. The van der Waals surface area contributed by atoms with Crippen molar-refractivity contribution in [1.29, 1.82) is 0 Å². The summed E-state index contributed by atoms with van der Waals surface area (Å²) in [6, 6.07) is 5.09. The molecule has 0 bridgehead atoms. The summed E-state index contributed by atoms with van der Waals surface area (Å²) >= 11 is 5.81. The SMILES string of the molecule is COC(=O)C(C)OC(=O)COc1cc(-c2ccc(Cl)cn2)n(C)n1. The van der Waals surface area contributed by atoms with E-state index < -0.39 is 18.0 Å². The number of aryl methyl sites for hydroxylation is 1. The molecule has 0 spiro atoms. The fourth-order valence-electron chi connectivity index (χ4n) is 1.86. The van der Waals surface area contributed by atoms with Crippen LogP contribution in [0.5, 0.6) is 5.88 Å². The molecule has 9 heteroatoms. The molecule has 0 saturated carbocycles. The zero-order chi connectivity index (χ0) is 17.7. The lowest BCUT2D eigenvalue weighted by Gasteiger charge is -2.10. The highest BCUT2D eigenvalue weighted by Crippen LogP contribution is 2.22. The second-order valence-electron chi connectivity index (χ2n) is 4.80. The normalized spacial score (nSPS) is 11.7. The summed E-state index contributed by atoms with van der Waals surface area (Å²) in [5.41, 5.74) is 1.35. The number of pyridine rings is 1. The van der Waals surface area contributed by atoms with Gasteiger partial charge in [0.05, 0.1) is 23.5 Å². The van der Waals surface area contributed by atoms with E-state index in [0.717, 1.165) is 0 Å². The van der Waals surface area contributed by atoms with Crippen LogP contribution in [0.15, 0.2) is 24.4 Å². The predicted octanol–water partition coefficient (Wildman–Crippen LogP) is 1.62. The fourth-order valence-corrected chi connectivity index (χ4v) is 1.97. The Bertz CT molecular complexity index is 729.